The van der Waals surface area contributed by atoms with Crippen molar-refractivity contribution in [2.75, 3.05) is 18.4 Å². The lowest BCUT2D eigenvalue weighted by Crippen LogP contribution is -2.41. The molecule has 1 aliphatic heterocycles. The summed E-state index contributed by atoms with van der Waals surface area (Å²) in [5.41, 5.74) is 1.18. The van der Waals surface area contributed by atoms with Gasteiger partial charge in [-0.3, -0.25) is 4.79 Å². The van der Waals surface area contributed by atoms with Crippen LogP contribution in [0.2, 0.25) is 0 Å². The molecule has 4 heteroatoms. The predicted octanol–water partition coefficient (Wildman–Crippen LogP) is 2.71. The third-order valence-electron chi connectivity index (χ3n) is 3.14. The molecule has 1 saturated heterocycles. The van der Waals surface area contributed by atoms with Gasteiger partial charge in [-0.25, -0.2) is 0 Å². The van der Waals surface area contributed by atoms with E-state index < -0.39 is 0 Å². The molecule has 0 aromatic heterocycles. The van der Waals surface area contributed by atoms with E-state index in [0.29, 0.717) is 6.04 Å². The Hall–Kier alpha value is -0.780. The Morgan fingerprint density at radius 3 is 2.71 bits per heavy atom. The maximum absolute atomic E-state index is 11.2. The molecular formula is C13H17IN2O. The average molecular weight is 344 g/mol. The summed E-state index contributed by atoms with van der Waals surface area (Å²) in [6, 6.07) is 8.89. The second-order valence-electron chi connectivity index (χ2n) is 4.44. The first-order valence-electron chi connectivity index (χ1n) is 5.93. The molecule has 0 radical (unpaired) electrons. The van der Waals surface area contributed by atoms with Crippen LogP contribution in [0, 0.1) is 3.57 Å². The summed E-state index contributed by atoms with van der Waals surface area (Å²) in [6.07, 6.45) is 2.07. The van der Waals surface area contributed by atoms with Gasteiger partial charge in [-0.2, -0.15) is 0 Å². The fourth-order valence-electron chi connectivity index (χ4n) is 2.15. The summed E-state index contributed by atoms with van der Waals surface area (Å²) >= 11 is 2.32. The number of hydrogen-bond donors (Lipinski definition) is 1. The first-order chi connectivity index (χ1) is 8.15. The molecule has 1 heterocycles. The molecule has 1 fully saturated rings. The third kappa shape index (κ3) is 3.59. The van der Waals surface area contributed by atoms with E-state index in [1.54, 1.807) is 6.92 Å². The average Bonchev–Trinajstić information content (AvgIpc) is 2.29. The normalized spacial score (nSPS) is 16.9. The Labute approximate surface area is 116 Å². The van der Waals surface area contributed by atoms with E-state index in [4.69, 9.17) is 0 Å². The lowest BCUT2D eigenvalue weighted by atomic mass is 10.0. The number of carbonyl (C=O) groups is 1. The van der Waals surface area contributed by atoms with E-state index in [1.165, 1.54) is 9.26 Å². The molecule has 0 bridgehead atoms. The lowest BCUT2D eigenvalue weighted by molar-refractivity contribution is -0.129. The lowest BCUT2D eigenvalue weighted by Gasteiger charge is -2.32. The summed E-state index contributed by atoms with van der Waals surface area (Å²) in [5.74, 6) is 0.192. The Bertz CT molecular complexity index is 400. The number of hydrogen-bond acceptors (Lipinski definition) is 2. The van der Waals surface area contributed by atoms with Crippen molar-refractivity contribution in [1.29, 1.82) is 0 Å². The van der Waals surface area contributed by atoms with Crippen LogP contribution in [0.1, 0.15) is 19.8 Å². The molecule has 1 aromatic rings. The Morgan fingerprint density at radius 1 is 1.41 bits per heavy atom. The highest BCUT2D eigenvalue weighted by atomic mass is 127. The van der Waals surface area contributed by atoms with E-state index in [-0.39, 0.29) is 5.91 Å². The largest absolute Gasteiger partial charge is 0.382 e. The van der Waals surface area contributed by atoms with Gasteiger partial charge in [0, 0.05) is 35.3 Å². The minimum atomic E-state index is 0.192. The Morgan fingerprint density at radius 2 is 2.12 bits per heavy atom. The molecule has 0 saturated carbocycles. The van der Waals surface area contributed by atoms with Crippen molar-refractivity contribution in [3.8, 4) is 0 Å². The van der Waals surface area contributed by atoms with Gasteiger partial charge in [0.25, 0.3) is 0 Å². The smallest absolute Gasteiger partial charge is 0.219 e. The van der Waals surface area contributed by atoms with Gasteiger partial charge < -0.3 is 10.2 Å². The van der Waals surface area contributed by atoms with Gasteiger partial charge in [-0.15, -0.1) is 0 Å². The van der Waals surface area contributed by atoms with Crippen LogP contribution in [0.5, 0.6) is 0 Å². The van der Waals surface area contributed by atoms with Gasteiger partial charge in [-0.1, -0.05) is 6.07 Å². The summed E-state index contributed by atoms with van der Waals surface area (Å²) in [4.78, 5) is 13.1. The first-order valence-corrected chi connectivity index (χ1v) is 7.00. The quantitative estimate of drug-likeness (QED) is 0.837. The number of halogens is 1. The van der Waals surface area contributed by atoms with E-state index in [1.807, 2.05) is 4.90 Å². The molecule has 1 N–H and O–H groups in total. The zero-order valence-electron chi connectivity index (χ0n) is 9.95. The Kier molecular flexibility index (Phi) is 4.25. The number of rotatable bonds is 2. The second-order valence-corrected chi connectivity index (χ2v) is 5.68. The molecule has 17 heavy (non-hydrogen) atoms. The van der Waals surface area contributed by atoms with Crippen LogP contribution in [0.4, 0.5) is 5.69 Å². The molecule has 1 amide bonds. The topological polar surface area (TPSA) is 32.3 Å². The maximum Gasteiger partial charge on any atom is 0.219 e. The number of anilines is 1. The highest BCUT2D eigenvalue weighted by Gasteiger charge is 2.20. The zero-order valence-corrected chi connectivity index (χ0v) is 12.1. The number of amides is 1. The van der Waals surface area contributed by atoms with Crippen molar-refractivity contribution in [3.05, 3.63) is 27.8 Å². The minimum Gasteiger partial charge on any atom is -0.382 e. The van der Waals surface area contributed by atoms with Crippen LogP contribution < -0.4 is 5.32 Å². The molecule has 3 nitrogen and oxygen atoms in total. The monoisotopic (exact) mass is 344 g/mol. The molecule has 2 rings (SSSR count). The summed E-state index contributed by atoms with van der Waals surface area (Å²) < 4.78 is 1.24. The van der Waals surface area contributed by atoms with Crippen LogP contribution in [-0.4, -0.2) is 29.9 Å². The number of piperidine rings is 1. The number of carbonyl (C=O) groups excluding carboxylic acids is 1. The highest BCUT2D eigenvalue weighted by molar-refractivity contribution is 14.1. The van der Waals surface area contributed by atoms with Gasteiger partial charge in [-0.05, 0) is 53.6 Å². The van der Waals surface area contributed by atoms with E-state index in [0.717, 1.165) is 25.9 Å². The molecule has 92 valence electrons. The van der Waals surface area contributed by atoms with Crippen molar-refractivity contribution in [1.82, 2.24) is 4.90 Å². The molecular weight excluding hydrogens is 327 g/mol. The fraction of sp³-hybridized carbons (Fsp3) is 0.462. The molecule has 1 aliphatic rings. The molecule has 0 atom stereocenters. The third-order valence-corrected chi connectivity index (χ3v) is 3.81. The van der Waals surface area contributed by atoms with E-state index in [2.05, 4.69) is 52.2 Å². The summed E-state index contributed by atoms with van der Waals surface area (Å²) in [6.45, 7) is 3.39. The van der Waals surface area contributed by atoms with Crippen molar-refractivity contribution >= 4 is 34.2 Å². The van der Waals surface area contributed by atoms with Crippen LogP contribution in [0.3, 0.4) is 0 Å². The highest BCUT2D eigenvalue weighted by Crippen LogP contribution is 2.18. The second kappa shape index (κ2) is 5.71. The van der Waals surface area contributed by atoms with Crippen molar-refractivity contribution in [2.45, 2.75) is 25.8 Å². The number of nitrogens with one attached hydrogen (secondary N) is 1. The first kappa shape index (κ1) is 12.7. The number of likely N-dealkylation sites (tertiary alicyclic amines) is 1. The Balaban J connectivity index is 1.88. The van der Waals surface area contributed by atoms with Crippen LogP contribution >= 0.6 is 22.6 Å². The molecule has 1 aromatic carbocycles. The fourth-order valence-corrected chi connectivity index (χ4v) is 2.70. The van der Waals surface area contributed by atoms with E-state index in [9.17, 15) is 4.79 Å². The molecule has 0 spiro atoms. The number of nitrogens with zero attached hydrogens (tertiary/aromatic N) is 1. The molecule has 0 aliphatic carbocycles. The van der Waals surface area contributed by atoms with Gasteiger partial charge in [0.15, 0.2) is 0 Å². The van der Waals surface area contributed by atoms with Gasteiger partial charge in [0.05, 0.1) is 0 Å². The van der Waals surface area contributed by atoms with Gasteiger partial charge in [0.1, 0.15) is 0 Å². The van der Waals surface area contributed by atoms with Crippen LogP contribution in [0.15, 0.2) is 24.3 Å². The maximum atomic E-state index is 11.2. The van der Waals surface area contributed by atoms with Crippen LogP contribution in [0.25, 0.3) is 0 Å². The van der Waals surface area contributed by atoms with Crippen molar-refractivity contribution in [3.63, 3.8) is 0 Å². The molecule has 0 unspecified atom stereocenters. The van der Waals surface area contributed by atoms with Crippen molar-refractivity contribution in [2.24, 2.45) is 0 Å². The van der Waals surface area contributed by atoms with Gasteiger partial charge >= 0.3 is 0 Å². The number of benzene rings is 1. The zero-order chi connectivity index (χ0) is 12.3. The standard InChI is InChI=1S/C13H17IN2O/c1-10(17)16-7-5-12(6-8-16)15-13-4-2-3-11(14)9-13/h2-4,9,12,15H,5-8H2,1H3. The van der Waals surface area contributed by atoms with Crippen molar-refractivity contribution < 1.29 is 4.79 Å². The van der Waals surface area contributed by atoms with E-state index >= 15 is 0 Å². The van der Waals surface area contributed by atoms with Gasteiger partial charge in [0.2, 0.25) is 5.91 Å². The predicted molar refractivity (Wildman–Crippen MR) is 78.1 cm³/mol. The SMILES string of the molecule is CC(=O)N1CCC(Nc2cccc(I)c2)CC1. The summed E-state index contributed by atoms with van der Waals surface area (Å²) in [5, 5.41) is 3.54. The minimum absolute atomic E-state index is 0.192. The van der Waals surface area contributed by atoms with Crippen LogP contribution in [-0.2, 0) is 4.79 Å². The summed E-state index contributed by atoms with van der Waals surface area (Å²) in [7, 11) is 0.